The Kier molecular flexibility index (Phi) is 5.58. The fourth-order valence-electron chi connectivity index (χ4n) is 1.32. The van der Waals surface area contributed by atoms with Gasteiger partial charge in [0.1, 0.15) is 0 Å². The van der Waals surface area contributed by atoms with Gasteiger partial charge >= 0.3 is 11.9 Å². The molecular weight excluding hydrogens is 300 g/mol. The molecule has 0 unspecified atom stereocenters. The number of hydrogen-bond donors (Lipinski definition) is 0. The number of hydrogen-bond acceptors (Lipinski definition) is 4. The maximum Gasteiger partial charge on any atom is 0.337 e. The van der Waals surface area contributed by atoms with Gasteiger partial charge in [-0.05, 0) is 23.8 Å². The minimum atomic E-state index is -0.390. The molecule has 0 N–H and O–H groups in total. The first-order valence-corrected chi connectivity index (χ1v) is 6.27. The van der Waals surface area contributed by atoms with Gasteiger partial charge in [0, 0.05) is 10.9 Å². The normalized spacial score (nSPS) is 10.9. The van der Waals surface area contributed by atoms with E-state index in [1.54, 1.807) is 30.3 Å². The maximum absolute atomic E-state index is 11.4. The molecule has 0 amide bonds. The summed E-state index contributed by atoms with van der Waals surface area (Å²) in [5.41, 5.74) is 1.78. The lowest BCUT2D eigenvalue weighted by Gasteiger charge is -2.02. The van der Waals surface area contributed by atoms with Crippen LogP contribution >= 0.6 is 15.9 Å². The summed E-state index contributed by atoms with van der Waals surface area (Å²) in [7, 11) is 2.66. The zero-order chi connectivity index (χ0) is 13.5. The molecular formula is C13H13BrO4. The molecule has 1 aromatic rings. The molecule has 4 nitrogen and oxygen atoms in total. The molecule has 0 aliphatic rings. The molecule has 1 rings (SSSR count). The van der Waals surface area contributed by atoms with Crippen LogP contribution in [-0.4, -0.2) is 31.5 Å². The topological polar surface area (TPSA) is 52.6 Å². The number of alkyl halides is 1. The van der Waals surface area contributed by atoms with E-state index in [1.165, 1.54) is 14.2 Å². The van der Waals surface area contributed by atoms with Gasteiger partial charge in [-0.1, -0.05) is 28.1 Å². The fraction of sp³-hybridized carbons (Fsp3) is 0.231. The summed E-state index contributed by atoms with van der Waals surface area (Å²) < 4.78 is 9.24. The van der Waals surface area contributed by atoms with E-state index in [0.717, 1.165) is 5.56 Å². The number of ether oxygens (including phenoxy) is 2. The highest BCUT2D eigenvalue weighted by atomic mass is 79.9. The smallest absolute Gasteiger partial charge is 0.337 e. The number of halogens is 1. The summed E-state index contributed by atoms with van der Waals surface area (Å²) in [5.74, 6) is -0.775. The van der Waals surface area contributed by atoms with E-state index in [9.17, 15) is 9.59 Å². The summed E-state index contributed by atoms with van der Waals surface area (Å²) in [5, 5.41) is 0.401. The van der Waals surface area contributed by atoms with Gasteiger partial charge < -0.3 is 9.47 Å². The number of benzene rings is 1. The minimum Gasteiger partial charge on any atom is -0.466 e. The van der Waals surface area contributed by atoms with Crippen LogP contribution in [0.1, 0.15) is 15.9 Å². The van der Waals surface area contributed by atoms with Crippen molar-refractivity contribution in [3.63, 3.8) is 0 Å². The zero-order valence-electron chi connectivity index (χ0n) is 10.1. The van der Waals surface area contributed by atoms with E-state index >= 15 is 0 Å². The van der Waals surface area contributed by atoms with Gasteiger partial charge in [-0.15, -0.1) is 0 Å². The van der Waals surface area contributed by atoms with Crippen molar-refractivity contribution in [1.29, 1.82) is 0 Å². The molecule has 0 fully saturated rings. The molecule has 0 aliphatic heterocycles. The molecule has 0 heterocycles. The van der Waals surface area contributed by atoms with Crippen LogP contribution in [0.15, 0.2) is 29.8 Å². The Bertz CT molecular complexity index is 462. The summed E-state index contributed by atoms with van der Waals surface area (Å²) in [6, 6.07) is 6.75. The van der Waals surface area contributed by atoms with Gasteiger partial charge in [0.05, 0.1) is 19.8 Å². The third kappa shape index (κ3) is 3.70. The summed E-state index contributed by atoms with van der Waals surface area (Å²) in [6.45, 7) is 0. The highest BCUT2D eigenvalue weighted by molar-refractivity contribution is 9.09. The van der Waals surface area contributed by atoms with E-state index in [-0.39, 0.29) is 11.9 Å². The average molecular weight is 313 g/mol. The Labute approximate surface area is 114 Å². The SMILES string of the molecule is COC(=O)C(=Cc1ccc(C(=O)OC)cc1)CBr. The second-order valence-corrected chi connectivity index (χ2v) is 3.97. The molecule has 1 aromatic carbocycles. The predicted molar refractivity (Wildman–Crippen MR) is 71.6 cm³/mol. The molecule has 0 radical (unpaired) electrons. The van der Waals surface area contributed by atoms with Gasteiger partial charge in [-0.25, -0.2) is 9.59 Å². The standard InChI is InChI=1S/C13H13BrO4/c1-17-12(15)10-5-3-9(4-6-10)7-11(8-14)13(16)18-2/h3-7H,8H2,1-2H3. The summed E-state index contributed by atoms with van der Waals surface area (Å²) in [6.07, 6.45) is 1.70. The third-order valence-electron chi connectivity index (χ3n) is 2.26. The summed E-state index contributed by atoms with van der Waals surface area (Å²) in [4.78, 5) is 22.6. The second-order valence-electron chi connectivity index (χ2n) is 3.41. The molecule has 0 saturated heterocycles. The molecule has 96 valence electrons. The maximum atomic E-state index is 11.4. The Morgan fingerprint density at radius 2 is 1.78 bits per heavy atom. The molecule has 0 saturated carbocycles. The number of rotatable bonds is 4. The molecule has 18 heavy (non-hydrogen) atoms. The molecule has 0 spiro atoms. The molecule has 0 atom stereocenters. The molecule has 0 aromatic heterocycles. The van der Waals surface area contributed by atoms with Crippen molar-refractivity contribution in [2.45, 2.75) is 0 Å². The second kappa shape index (κ2) is 6.96. The highest BCUT2D eigenvalue weighted by Gasteiger charge is 2.08. The van der Waals surface area contributed by atoms with Crippen molar-refractivity contribution in [3.8, 4) is 0 Å². The predicted octanol–water partition coefficient (Wildman–Crippen LogP) is 2.42. The Morgan fingerprint density at radius 1 is 1.17 bits per heavy atom. The van der Waals surface area contributed by atoms with Crippen LogP contribution in [0, 0.1) is 0 Å². The van der Waals surface area contributed by atoms with Gasteiger partial charge in [-0.2, -0.15) is 0 Å². The minimum absolute atomic E-state index is 0.385. The number of esters is 2. The molecule has 5 heteroatoms. The monoisotopic (exact) mass is 312 g/mol. The fourth-order valence-corrected chi connectivity index (χ4v) is 1.71. The first-order valence-electron chi connectivity index (χ1n) is 5.15. The lowest BCUT2D eigenvalue weighted by atomic mass is 10.1. The van der Waals surface area contributed by atoms with Crippen molar-refractivity contribution < 1.29 is 19.1 Å². The van der Waals surface area contributed by atoms with Crippen molar-refractivity contribution in [2.75, 3.05) is 19.5 Å². The number of methoxy groups -OCH3 is 2. The van der Waals surface area contributed by atoms with E-state index in [2.05, 4.69) is 25.4 Å². The first-order chi connectivity index (χ1) is 8.62. The van der Waals surface area contributed by atoms with Crippen LogP contribution < -0.4 is 0 Å². The van der Waals surface area contributed by atoms with Crippen LogP contribution in [0.5, 0.6) is 0 Å². The van der Waals surface area contributed by atoms with Crippen molar-refractivity contribution >= 4 is 33.9 Å². The quantitative estimate of drug-likeness (QED) is 0.487. The molecule has 0 bridgehead atoms. The average Bonchev–Trinajstić information content (AvgIpc) is 2.43. The van der Waals surface area contributed by atoms with E-state index in [4.69, 9.17) is 0 Å². The Morgan fingerprint density at radius 3 is 2.22 bits per heavy atom. The molecule has 0 aliphatic carbocycles. The van der Waals surface area contributed by atoms with Gasteiger partial charge in [0.15, 0.2) is 0 Å². The van der Waals surface area contributed by atoms with Gasteiger partial charge in [0.25, 0.3) is 0 Å². The van der Waals surface area contributed by atoms with Crippen molar-refractivity contribution in [2.24, 2.45) is 0 Å². The summed E-state index contributed by atoms with van der Waals surface area (Å²) >= 11 is 3.22. The van der Waals surface area contributed by atoms with Crippen LogP contribution in [0.4, 0.5) is 0 Å². The lowest BCUT2D eigenvalue weighted by molar-refractivity contribution is -0.135. The van der Waals surface area contributed by atoms with Gasteiger partial charge in [-0.3, -0.25) is 0 Å². The first kappa shape index (κ1) is 14.4. The number of carbonyl (C=O) groups excluding carboxylic acids is 2. The Balaban J connectivity index is 2.94. The van der Waals surface area contributed by atoms with Crippen LogP contribution in [0.25, 0.3) is 6.08 Å². The number of carbonyl (C=O) groups is 2. The van der Waals surface area contributed by atoms with Crippen LogP contribution in [0.2, 0.25) is 0 Å². The van der Waals surface area contributed by atoms with E-state index < -0.39 is 0 Å². The van der Waals surface area contributed by atoms with Crippen LogP contribution in [-0.2, 0) is 14.3 Å². The zero-order valence-corrected chi connectivity index (χ0v) is 11.7. The Hall–Kier alpha value is -1.62. The lowest BCUT2D eigenvalue weighted by Crippen LogP contribution is -2.05. The van der Waals surface area contributed by atoms with Gasteiger partial charge in [0.2, 0.25) is 0 Å². The highest BCUT2D eigenvalue weighted by Crippen LogP contribution is 2.12. The van der Waals surface area contributed by atoms with Crippen molar-refractivity contribution in [1.82, 2.24) is 0 Å². The van der Waals surface area contributed by atoms with E-state index in [0.29, 0.717) is 16.5 Å². The van der Waals surface area contributed by atoms with Crippen LogP contribution in [0.3, 0.4) is 0 Å². The van der Waals surface area contributed by atoms with E-state index in [1.807, 2.05) is 0 Å². The van der Waals surface area contributed by atoms with Crippen molar-refractivity contribution in [3.05, 3.63) is 41.0 Å². The largest absolute Gasteiger partial charge is 0.466 e. The third-order valence-corrected chi connectivity index (χ3v) is 2.87.